The van der Waals surface area contributed by atoms with Crippen molar-refractivity contribution in [3.05, 3.63) is 0 Å². The highest BCUT2D eigenvalue weighted by Gasteiger charge is 2.18. The van der Waals surface area contributed by atoms with E-state index in [-0.39, 0.29) is 0 Å². The molecule has 0 spiro atoms. The van der Waals surface area contributed by atoms with Gasteiger partial charge in [-0.1, -0.05) is 0 Å². The smallest absolute Gasteiger partial charge is 0.379 e. The highest BCUT2D eigenvalue weighted by atomic mass is 31.1. The normalized spacial score (nSPS) is 22.7. The van der Waals surface area contributed by atoms with Crippen molar-refractivity contribution < 1.29 is 14.2 Å². The Hall–Kier alpha value is -0.0600. The lowest BCUT2D eigenvalue weighted by atomic mass is 10.5. The van der Waals surface area contributed by atoms with Crippen LogP contribution in [0, 0.1) is 0 Å². The van der Waals surface area contributed by atoms with Gasteiger partial charge in [0.2, 0.25) is 0 Å². The summed E-state index contributed by atoms with van der Waals surface area (Å²) in [6.07, 6.45) is 0. The van der Waals surface area contributed by atoms with Crippen LogP contribution >= 0.6 is 8.18 Å². The zero-order valence-corrected chi connectivity index (χ0v) is 6.38. The fourth-order valence-corrected chi connectivity index (χ4v) is 1.23. The molecule has 0 aromatic carbocycles. The maximum absolute atomic E-state index is 10.2. The first-order valence-electron chi connectivity index (χ1n) is 3.04. The van der Waals surface area contributed by atoms with Crippen LogP contribution in [-0.4, -0.2) is 36.2 Å². The van der Waals surface area contributed by atoms with Crippen molar-refractivity contribution in [1.29, 1.82) is 0 Å². The van der Waals surface area contributed by atoms with E-state index in [4.69, 9.17) is 9.63 Å². The van der Waals surface area contributed by atoms with Crippen molar-refractivity contribution in [2.45, 2.75) is 0 Å². The molecule has 1 aliphatic heterocycles. The van der Waals surface area contributed by atoms with E-state index in [0.29, 0.717) is 26.3 Å². The minimum atomic E-state index is -2.25. The maximum Gasteiger partial charge on any atom is 0.625 e. The fraction of sp³-hybridized carbons (Fsp3) is 1.00. The average Bonchev–Trinajstić information content (AvgIpc) is 1.88. The van der Waals surface area contributed by atoms with Gasteiger partial charge in [-0.25, -0.2) is 0 Å². The van der Waals surface area contributed by atoms with Crippen molar-refractivity contribution in [1.82, 2.24) is 10.2 Å². The second-order valence-electron chi connectivity index (χ2n) is 1.97. The lowest BCUT2D eigenvalue weighted by molar-refractivity contribution is 0.0260. The van der Waals surface area contributed by atoms with E-state index >= 15 is 0 Å². The fourth-order valence-electron chi connectivity index (χ4n) is 0.784. The molecule has 5 nitrogen and oxygen atoms in total. The molecule has 1 rings (SSSR count). The molecule has 0 bridgehead atoms. The summed E-state index contributed by atoms with van der Waals surface area (Å²) in [6, 6.07) is 0. The van der Waals surface area contributed by atoms with Gasteiger partial charge in [-0.2, -0.15) is 5.01 Å². The molecule has 0 saturated carbocycles. The van der Waals surface area contributed by atoms with Gasteiger partial charge in [0.05, 0.1) is 13.2 Å². The molecule has 6 heteroatoms. The van der Waals surface area contributed by atoms with Crippen LogP contribution in [0.5, 0.6) is 0 Å². The second kappa shape index (κ2) is 3.95. The van der Waals surface area contributed by atoms with Gasteiger partial charge in [0.25, 0.3) is 0 Å². The summed E-state index contributed by atoms with van der Waals surface area (Å²) in [5.74, 6) is 0. The first-order chi connectivity index (χ1) is 4.79. The van der Waals surface area contributed by atoms with Gasteiger partial charge in [-0.3, -0.25) is 0 Å². The zero-order chi connectivity index (χ0) is 7.40. The largest absolute Gasteiger partial charge is 0.625 e. The van der Waals surface area contributed by atoms with E-state index in [1.807, 2.05) is 0 Å². The first-order valence-corrected chi connectivity index (χ1v) is 4.25. The SMILES string of the molecule is O=[P+](O)NN1CCOCC1. The van der Waals surface area contributed by atoms with E-state index in [1.165, 1.54) is 0 Å². The number of nitrogens with one attached hydrogen (secondary N) is 1. The highest BCUT2D eigenvalue weighted by Crippen LogP contribution is 2.07. The molecule has 0 aromatic heterocycles. The monoisotopic (exact) mass is 165 g/mol. The Balaban J connectivity index is 2.19. The number of hydrazine groups is 1. The topological polar surface area (TPSA) is 61.8 Å². The number of rotatable bonds is 2. The van der Waals surface area contributed by atoms with Gasteiger partial charge in [-0.05, 0) is 9.76 Å². The van der Waals surface area contributed by atoms with Crippen LogP contribution in [0.2, 0.25) is 0 Å². The standard InChI is InChI=1S/C4H9N2O3P/c7-10(8)5-6-1-3-9-4-2-6/h1-4H2,(H-,5,7,8)/p+1. The molecule has 1 heterocycles. The minimum absolute atomic E-state index is 0.621. The molecule has 1 unspecified atom stereocenters. The maximum atomic E-state index is 10.2. The van der Waals surface area contributed by atoms with Crippen LogP contribution in [0.4, 0.5) is 0 Å². The number of hydrogen-bond acceptors (Lipinski definition) is 3. The predicted octanol–water partition coefficient (Wildman–Crippen LogP) is -0.527. The van der Waals surface area contributed by atoms with E-state index in [1.54, 1.807) is 5.01 Å². The molecule has 10 heavy (non-hydrogen) atoms. The summed E-state index contributed by atoms with van der Waals surface area (Å²) in [5.41, 5.74) is 0. The van der Waals surface area contributed by atoms with Crippen LogP contribution in [0.25, 0.3) is 0 Å². The Kier molecular flexibility index (Phi) is 3.18. The van der Waals surface area contributed by atoms with Crippen molar-refractivity contribution in [3.8, 4) is 0 Å². The first kappa shape index (κ1) is 8.04. The molecule has 0 radical (unpaired) electrons. The van der Waals surface area contributed by atoms with Crippen LogP contribution in [0.1, 0.15) is 0 Å². The van der Waals surface area contributed by atoms with Gasteiger partial charge in [0.1, 0.15) is 0 Å². The van der Waals surface area contributed by atoms with E-state index < -0.39 is 8.18 Å². The quantitative estimate of drug-likeness (QED) is 0.539. The van der Waals surface area contributed by atoms with Gasteiger partial charge in [0, 0.05) is 13.1 Å². The van der Waals surface area contributed by atoms with Crippen LogP contribution in [0.3, 0.4) is 0 Å². The van der Waals surface area contributed by atoms with Crippen molar-refractivity contribution in [3.63, 3.8) is 0 Å². The molecule has 1 saturated heterocycles. The average molecular weight is 165 g/mol. The van der Waals surface area contributed by atoms with E-state index in [0.717, 1.165) is 0 Å². The molecule has 58 valence electrons. The summed E-state index contributed by atoms with van der Waals surface area (Å²) >= 11 is 0. The molecule has 2 N–H and O–H groups in total. The number of hydrogen-bond donors (Lipinski definition) is 2. The summed E-state index contributed by atoms with van der Waals surface area (Å²) in [5, 5.41) is 4.08. The highest BCUT2D eigenvalue weighted by molar-refractivity contribution is 7.35. The molecule has 1 atom stereocenters. The van der Waals surface area contributed by atoms with E-state index in [2.05, 4.69) is 5.20 Å². The van der Waals surface area contributed by atoms with Crippen molar-refractivity contribution in [2.24, 2.45) is 0 Å². The molecular weight excluding hydrogens is 155 g/mol. The third kappa shape index (κ3) is 2.68. The Labute approximate surface area is 59.9 Å². The minimum Gasteiger partial charge on any atom is -0.379 e. The molecule has 0 aliphatic carbocycles. The molecule has 1 fully saturated rings. The van der Waals surface area contributed by atoms with Crippen LogP contribution < -0.4 is 5.20 Å². The summed E-state index contributed by atoms with van der Waals surface area (Å²) in [7, 11) is -2.25. The van der Waals surface area contributed by atoms with Crippen molar-refractivity contribution >= 4 is 8.18 Å². The van der Waals surface area contributed by atoms with Crippen LogP contribution in [-0.2, 0) is 9.30 Å². The summed E-state index contributed by atoms with van der Waals surface area (Å²) < 4.78 is 15.2. The summed E-state index contributed by atoms with van der Waals surface area (Å²) in [4.78, 5) is 8.42. The Morgan fingerprint density at radius 2 is 2.10 bits per heavy atom. The molecule has 0 amide bonds. The third-order valence-electron chi connectivity index (χ3n) is 1.24. The third-order valence-corrected chi connectivity index (χ3v) is 1.69. The lowest BCUT2D eigenvalue weighted by Gasteiger charge is -2.21. The zero-order valence-electron chi connectivity index (χ0n) is 5.49. The van der Waals surface area contributed by atoms with Gasteiger partial charge < -0.3 is 4.74 Å². The van der Waals surface area contributed by atoms with Gasteiger partial charge in [-0.15, -0.1) is 4.89 Å². The van der Waals surface area contributed by atoms with Crippen LogP contribution in [0.15, 0.2) is 0 Å². The second-order valence-corrected chi connectivity index (χ2v) is 2.72. The van der Waals surface area contributed by atoms with Gasteiger partial charge >= 0.3 is 8.18 Å². The van der Waals surface area contributed by atoms with E-state index in [9.17, 15) is 4.57 Å². The Morgan fingerprint density at radius 3 is 2.60 bits per heavy atom. The number of ether oxygens (including phenoxy) is 1. The Morgan fingerprint density at radius 1 is 1.50 bits per heavy atom. The van der Waals surface area contributed by atoms with Crippen molar-refractivity contribution in [2.75, 3.05) is 26.3 Å². The number of morpholine rings is 1. The summed E-state index contributed by atoms with van der Waals surface area (Å²) in [6.45, 7) is 2.58. The molecule has 0 aromatic rings. The lowest BCUT2D eigenvalue weighted by Crippen LogP contribution is -2.42. The predicted molar refractivity (Wildman–Crippen MR) is 35.4 cm³/mol. The van der Waals surface area contributed by atoms with Gasteiger partial charge in [0.15, 0.2) is 0 Å². The molecular formula is C4H10N2O3P+. The Bertz CT molecular complexity index is 126. The number of nitrogens with zero attached hydrogens (tertiary/aromatic N) is 1. The molecule has 1 aliphatic rings.